The van der Waals surface area contributed by atoms with Gasteiger partial charge in [0.25, 0.3) is 0 Å². The number of rotatable bonds is 4. The molecule has 0 aromatic heterocycles. The van der Waals surface area contributed by atoms with Gasteiger partial charge in [0.1, 0.15) is 11.5 Å². The van der Waals surface area contributed by atoms with Crippen LogP contribution in [0.15, 0.2) is 103 Å². The predicted octanol–water partition coefficient (Wildman–Crippen LogP) is 6.50. The Balaban J connectivity index is 1.54. The largest absolute Gasteiger partial charge is 0.352 e. The summed E-state index contributed by atoms with van der Waals surface area (Å²) in [5.74, 6) is -1.74. The van der Waals surface area contributed by atoms with E-state index >= 15 is 0 Å². The van der Waals surface area contributed by atoms with Gasteiger partial charge in [0, 0.05) is 27.5 Å². The zero-order chi connectivity index (χ0) is 27.6. The van der Waals surface area contributed by atoms with Gasteiger partial charge < -0.3 is 10.2 Å². The molecule has 4 atom stereocenters. The third-order valence-electron chi connectivity index (χ3n) is 8.53. The normalized spacial score (nSPS) is 23.9. The smallest absolute Gasteiger partial charge is 0.238 e. The van der Waals surface area contributed by atoms with Crippen LogP contribution in [0.5, 0.6) is 0 Å². The molecular weight excluding hydrogens is 520 g/mol. The molecule has 0 bridgehead atoms. The Labute approximate surface area is 237 Å². The first-order valence-electron chi connectivity index (χ1n) is 13.3. The van der Waals surface area contributed by atoms with Gasteiger partial charge in [0.2, 0.25) is 5.91 Å². The van der Waals surface area contributed by atoms with Crippen molar-refractivity contribution in [3.63, 3.8) is 0 Å². The molecule has 40 heavy (non-hydrogen) atoms. The van der Waals surface area contributed by atoms with Crippen LogP contribution >= 0.6 is 11.6 Å². The van der Waals surface area contributed by atoms with E-state index in [0.29, 0.717) is 21.8 Å². The Hall–Kier alpha value is -4.48. The van der Waals surface area contributed by atoms with E-state index in [2.05, 4.69) is 11.4 Å². The number of nitrogens with one attached hydrogen (secondary N) is 1. The lowest BCUT2D eigenvalue weighted by Crippen LogP contribution is -2.51. The van der Waals surface area contributed by atoms with Crippen molar-refractivity contribution in [1.82, 2.24) is 0 Å². The highest BCUT2D eigenvalue weighted by Gasteiger charge is 2.70. The van der Waals surface area contributed by atoms with Gasteiger partial charge in [0.05, 0.1) is 12.0 Å². The molecule has 0 radical (unpaired) electrons. The molecule has 1 spiro atoms. The van der Waals surface area contributed by atoms with E-state index in [1.807, 2.05) is 66.4 Å². The Morgan fingerprint density at radius 1 is 0.850 bits per heavy atom. The molecule has 6 heteroatoms. The predicted molar refractivity (Wildman–Crippen MR) is 157 cm³/mol. The molecule has 3 aliphatic heterocycles. The van der Waals surface area contributed by atoms with Crippen molar-refractivity contribution >= 4 is 46.5 Å². The highest BCUT2D eigenvalue weighted by atomic mass is 35.5. The van der Waals surface area contributed by atoms with Crippen LogP contribution in [0.1, 0.15) is 37.4 Å². The standard InChI is InChI=1S/C34H25ClN2O3/c1-20-11-17-27-23(19-20)14-18-28-34(25-9-5-6-10-26(25)36-33(34)40)29(31(38)21-7-3-2-4-8-21)30(37(27)28)32(39)22-12-15-24(35)16-13-22/h2-19,28-30H,1H3,(H,36,40)/t28-,29-,30-,34-/m0/s1. The number of halogens is 1. The zero-order valence-corrected chi connectivity index (χ0v) is 22.4. The Morgan fingerprint density at radius 2 is 1.55 bits per heavy atom. The van der Waals surface area contributed by atoms with Crippen molar-refractivity contribution in [2.75, 3.05) is 10.2 Å². The number of fused-ring (bicyclic) bond motifs is 6. The molecule has 1 fully saturated rings. The molecule has 4 aromatic carbocycles. The van der Waals surface area contributed by atoms with Crippen LogP contribution in [0.4, 0.5) is 11.4 Å². The molecule has 0 saturated carbocycles. The Kier molecular flexibility index (Phi) is 5.55. The summed E-state index contributed by atoms with van der Waals surface area (Å²) in [6, 6.07) is 27.7. The van der Waals surface area contributed by atoms with Crippen molar-refractivity contribution in [2.24, 2.45) is 5.92 Å². The molecule has 1 amide bonds. The fraction of sp³-hybridized carbons (Fsp3) is 0.147. The number of carbonyl (C=O) groups excluding carboxylic acids is 3. The lowest BCUT2D eigenvalue weighted by atomic mass is 9.64. The highest BCUT2D eigenvalue weighted by molar-refractivity contribution is 6.30. The average Bonchev–Trinajstić information content (AvgIpc) is 3.45. The monoisotopic (exact) mass is 544 g/mol. The van der Waals surface area contributed by atoms with Crippen molar-refractivity contribution in [2.45, 2.75) is 24.4 Å². The third kappa shape index (κ3) is 3.37. The molecule has 3 heterocycles. The second-order valence-electron chi connectivity index (χ2n) is 10.7. The number of aryl methyl sites for hydroxylation is 1. The quantitative estimate of drug-likeness (QED) is 0.298. The molecule has 0 aliphatic carbocycles. The van der Waals surface area contributed by atoms with E-state index in [9.17, 15) is 14.4 Å². The highest BCUT2D eigenvalue weighted by Crippen LogP contribution is 2.58. The number of benzene rings is 4. The first kappa shape index (κ1) is 24.6. The molecule has 4 aromatic rings. The average molecular weight is 545 g/mol. The molecule has 0 unspecified atom stereocenters. The van der Waals surface area contributed by atoms with Crippen LogP contribution in [0, 0.1) is 12.8 Å². The molecule has 3 aliphatic rings. The molecule has 1 saturated heterocycles. The number of ketones is 2. The van der Waals surface area contributed by atoms with E-state index < -0.39 is 23.4 Å². The van der Waals surface area contributed by atoms with Gasteiger partial charge in [-0.25, -0.2) is 0 Å². The summed E-state index contributed by atoms with van der Waals surface area (Å²) in [6.45, 7) is 2.02. The first-order chi connectivity index (χ1) is 19.4. The molecule has 5 nitrogen and oxygen atoms in total. The van der Waals surface area contributed by atoms with Gasteiger partial charge in [-0.2, -0.15) is 0 Å². The first-order valence-corrected chi connectivity index (χ1v) is 13.7. The van der Waals surface area contributed by atoms with Crippen molar-refractivity contribution in [1.29, 1.82) is 0 Å². The fourth-order valence-electron chi connectivity index (χ4n) is 6.87. The SMILES string of the molecule is Cc1ccc2c(c1)C=C[C@@H]1N2[C@H](C(=O)c2ccc(Cl)cc2)[C@@H](C(=O)c2ccccc2)[C@@]12C(=O)Nc1ccccc12. The van der Waals surface area contributed by atoms with Gasteiger partial charge in [-0.3, -0.25) is 14.4 Å². The summed E-state index contributed by atoms with van der Waals surface area (Å²) in [5.41, 5.74) is 3.83. The number of anilines is 2. The number of Topliss-reactive ketones (excluding diaryl/α,β-unsaturated/α-hetero) is 2. The minimum atomic E-state index is -1.32. The van der Waals surface area contributed by atoms with Crippen molar-refractivity contribution in [3.8, 4) is 0 Å². The summed E-state index contributed by atoms with van der Waals surface area (Å²) in [6.07, 6.45) is 4.00. The number of amides is 1. The van der Waals surface area contributed by atoms with E-state index in [1.165, 1.54) is 0 Å². The zero-order valence-electron chi connectivity index (χ0n) is 21.7. The van der Waals surface area contributed by atoms with Crippen LogP contribution < -0.4 is 10.2 Å². The summed E-state index contributed by atoms with van der Waals surface area (Å²) in [7, 11) is 0. The van der Waals surface area contributed by atoms with Crippen LogP contribution in [0.25, 0.3) is 6.08 Å². The van der Waals surface area contributed by atoms with Crippen LogP contribution in [-0.4, -0.2) is 29.6 Å². The van der Waals surface area contributed by atoms with E-state index in [1.54, 1.807) is 48.5 Å². The van der Waals surface area contributed by atoms with Gasteiger partial charge in [0.15, 0.2) is 11.6 Å². The van der Waals surface area contributed by atoms with Gasteiger partial charge in [-0.15, -0.1) is 0 Å². The molecular formula is C34H25ClN2O3. The Bertz CT molecular complexity index is 1730. The maximum absolute atomic E-state index is 14.7. The number of carbonyl (C=O) groups is 3. The van der Waals surface area contributed by atoms with E-state index in [4.69, 9.17) is 11.6 Å². The van der Waals surface area contributed by atoms with E-state index in [-0.39, 0.29) is 17.5 Å². The lowest BCUT2D eigenvalue weighted by molar-refractivity contribution is -0.121. The summed E-state index contributed by atoms with van der Waals surface area (Å²) >= 11 is 6.16. The van der Waals surface area contributed by atoms with Gasteiger partial charge >= 0.3 is 0 Å². The number of hydrogen-bond donors (Lipinski definition) is 1. The second kappa shape index (κ2) is 9.04. The van der Waals surface area contributed by atoms with Crippen LogP contribution in [0.3, 0.4) is 0 Å². The fourth-order valence-corrected chi connectivity index (χ4v) is 6.99. The minimum absolute atomic E-state index is 0.230. The number of nitrogens with zero attached hydrogens (tertiary/aromatic N) is 1. The minimum Gasteiger partial charge on any atom is -0.352 e. The molecule has 196 valence electrons. The maximum Gasteiger partial charge on any atom is 0.238 e. The lowest BCUT2D eigenvalue weighted by Gasteiger charge is -2.37. The van der Waals surface area contributed by atoms with E-state index in [0.717, 1.165) is 22.4 Å². The number of para-hydroxylation sites is 1. The topological polar surface area (TPSA) is 66.5 Å². The Morgan fingerprint density at radius 3 is 2.33 bits per heavy atom. The van der Waals surface area contributed by atoms with Gasteiger partial charge in [-0.1, -0.05) is 83.9 Å². The molecule has 1 N–H and O–H groups in total. The van der Waals surface area contributed by atoms with Crippen LogP contribution in [0.2, 0.25) is 5.02 Å². The van der Waals surface area contributed by atoms with Gasteiger partial charge in [-0.05, 0) is 60.5 Å². The maximum atomic E-state index is 14.7. The number of hydrogen-bond acceptors (Lipinski definition) is 4. The summed E-state index contributed by atoms with van der Waals surface area (Å²) in [4.78, 5) is 45.6. The van der Waals surface area contributed by atoms with Crippen molar-refractivity contribution < 1.29 is 14.4 Å². The third-order valence-corrected chi connectivity index (χ3v) is 8.78. The second-order valence-corrected chi connectivity index (χ2v) is 11.1. The van der Waals surface area contributed by atoms with Crippen LogP contribution in [-0.2, 0) is 10.2 Å². The van der Waals surface area contributed by atoms with Crippen molar-refractivity contribution in [3.05, 3.63) is 136 Å². The molecule has 7 rings (SSSR count). The summed E-state index contributed by atoms with van der Waals surface area (Å²) < 4.78 is 0. The summed E-state index contributed by atoms with van der Waals surface area (Å²) in [5, 5.41) is 3.57.